The molecule has 8 nitrogen and oxygen atoms in total. The van der Waals surface area contributed by atoms with E-state index in [0.717, 1.165) is 25.9 Å². The van der Waals surface area contributed by atoms with E-state index in [9.17, 15) is 9.59 Å². The summed E-state index contributed by atoms with van der Waals surface area (Å²) in [5.74, 6) is -0.573. The van der Waals surface area contributed by atoms with E-state index < -0.39 is 0 Å². The molecule has 2 heterocycles. The molecular weight excluding hydrogens is 320 g/mol. The Morgan fingerprint density at radius 1 is 1.28 bits per heavy atom. The number of nitrogens with one attached hydrogen (secondary N) is 2. The van der Waals surface area contributed by atoms with Gasteiger partial charge in [0, 0.05) is 12.7 Å². The summed E-state index contributed by atoms with van der Waals surface area (Å²) in [7, 11) is 1.58. The Hall–Kier alpha value is -2.74. The summed E-state index contributed by atoms with van der Waals surface area (Å²) < 4.78 is 1.76. The molecule has 2 aromatic rings. The molecule has 0 saturated carbocycles. The van der Waals surface area contributed by atoms with Crippen molar-refractivity contribution in [3.8, 4) is 0 Å². The molecule has 1 aliphatic rings. The second kappa shape index (κ2) is 7.89. The van der Waals surface area contributed by atoms with E-state index >= 15 is 0 Å². The first kappa shape index (κ1) is 17.1. The Kier molecular flexibility index (Phi) is 5.39. The van der Waals surface area contributed by atoms with E-state index in [-0.39, 0.29) is 30.1 Å². The van der Waals surface area contributed by atoms with Crippen LogP contribution in [-0.2, 0) is 4.79 Å². The van der Waals surface area contributed by atoms with E-state index in [4.69, 9.17) is 0 Å². The molecule has 1 aliphatic heterocycles. The summed E-state index contributed by atoms with van der Waals surface area (Å²) >= 11 is 0. The van der Waals surface area contributed by atoms with Gasteiger partial charge in [-0.1, -0.05) is 23.4 Å². The number of benzene rings is 1. The average Bonchev–Trinajstić information content (AvgIpc) is 3.12. The zero-order valence-electron chi connectivity index (χ0n) is 14.2. The molecule has 25 heavy (non-hydrogen) atoms. The number of likely N-dealkylation sites (N-methyl/N-ethyl adjacent to an activating group) is 1. The normalized spacial score (nSPS) is 14.9. The smallest absolute Gasteiger partial charge is 0.276 e. The van der Waals surface area contributed by atoms with Gasteiger partial charge in [-0.3, -0.25) is 9.59 Å². The minimum Gasteiger partial charge on any atom is -0.331 e. The van der Waals surface area contributed by atoms with Gasteiger partial charge in [-0.25, -0.2) is 4.68 Å². The molecule has 3 rings (SSSR count). The van der Waals surface area contributed by atoms with Crippen molar-refractivity contribution in [3.05, 3.63) is 42.2 Å². The first-order chi connectivity index (χ1) is 12.1. The van der Waals surface area contributed by atoms with Crippen LogP contribution in [0.15, 0.2) is 36.5 Å². The molecule has 1 aromatic carbocycles. The molecular formula is C17H22N6O2. The summed E-state index contributed by atoms with van der Waals surface area (Å²) in [4.78, 5) is 25.8. The topological polar surface area (TPSA) is 92.2 Å². The second-order valence-corrected chi connectivity index (χ2v) is 6.14. The first-order valence-electron chi connectivity index (χ1n) is 8.36. The monoisotopic (exact) mass is 342 g/mol. The predicted molar refractivity (Wildman–Crippen MR) is 93.2 cm³/mol. The zero-order valence-corrected chi connectivity index (χ0v) is 14.2. The number of hydrogen-bond donors (Lipinski definition) is 2. The maximum Gasteiger partial charge on any atom is 0.276 e. The third kappa shape index (κ3) is 4.42. The Balaban J connectivity index is 1.56. The maximum atomic E-state index is 12.4. The summed E-state index contributed by atoms with van der Waals surface area (Å²) in [6.45, 7) is 1.83. The number of piperidine rings is 1. The minimum atomic E-state index is -0.316. The van der Waals surface area contributed by atoms with Crippen molar-refractivity contribution in [2.75, 3.05) is 32.0 Å². The fourth-order valence-corrected chi connectivity index (χ4v) is 2.83. The number of anilines is 1. The lowest BCUT2D eigenvalue weighted by atomic mass is 10.1. The van der Waals surface area contributed by atoms with Crippen LogP contribution in [0.4, 0.5) is 5.69 Å². The zero-order chi connectivity index (χ0) is 17.6. The first-order valence-corrected chi connectivity index (χ1v) is 8.36. The number of carbonyl (C=O) groups is 2. The number of nitrogens with zero attached hydrogens (tertiary/aromatic N) is 4. The molecule has 0 atom stereocenters. The fraction of sp³-hybridized carbons (Fsp3) is 0.412. The number of para-hydroxylation sites is 1. The van der Waals surface area contributed by atoms with Crippen LogP contribution in [0, 0.1) is 0 Å². The summed E-state index contributed by atoms with van der Waals surface area (Å²) in [6, 6.07) is 9.40. The molecule has 0 unspecified atom stereocenters. The van der Waals surface area contributed by atoms with Crippen molar-refractivity contribution in [3.63, 3.8) is 0 Å². The van der Waals surface area contributed by atoms with Crippen LogP contribution in [0.1, 0.15) is 29.4 Å². The Labute approximate surface area is 146 Å². The number of aromatic nitrogens is 3. The minimum absolute atomic E-state index is 0.0477. The van der Waals surface area contributed by atoms with Crippen LogP contribution >= 0.6 is 0 Å². The molecule has 0 aliphatic carbocycles. The molecule has 0 radical (unpaired) electrons. The highest BCUT2D eigenvalue weighted by atomic mass is 16.2. The van der Waals surface area contributed by atoms with E-state index in [1.54, 1.807) is 30.1 Å². The lowest BCUT2D eigenvalue weighted by Gasteiger charge is -2.22. The second-order valence-electron chi connectivity index (χ2n) is 6.14. The van der Waals surface area contributed by atoms with Crippen LogP contribution in [0.3, 0.4) is 0 Å². The number of carbonyl (C=O) groups excluding carboxylic acids is 2. The van der Waals surface area contributed by atoms with Crippen molar-refractivity contribution >= 4 is 17.5 Å². The van der Waals surface area contributed by atoms with Gasteiger partial charge >= 0.3 is 0 Å². The Morgan fingerprint density at radius 2 is 2.00 bits per heavy atom. The largest absolute Gasteiger partial charge is 0.331 e. The van der Waals surface area contributed by atoms with Gasteiger partial charge in [0.05, 0.1) is 18.8 Å². The number of amides is 2. The van der Waals surface area contributed by atoms with Crippen molar-refractivity contribution in [2.24, 2.45) is 0 Å². The lowest BCUT2D eigenvalue weighted by molar-refractivity contribution is -0.116. The maximum absolute atomic E-state index is 12.4. The summed E-state index contributed by atoms with van der Waals surface area (Å²) in [5, 5.41) is 14.1. The molecule has 1 aromatic heterocycles. The van der Waals surface area contributed by atoms with E-state index in [0.29, 0.717) is 5.69 Å². The average molecular weight is 342 g/mol. The van der Waals surface area contributed by atoms with Crippen LogP contribution in [0.25, 0.3) is 0 Å². The van der Waals surface area contributed by atoms with E-state index in [2.05, 4.69) is 20.9 Å². The molecule has 1 fully saturated rings. The Bertz CT molecular complexity index is 724. The van der Waals surface area contributed by atoms with Crippen molar-refractivity contribution in [1.82, 2.24) is 25.2 Å². The van der Waals surface area contributed by atoms with Crippen LogP contribution in [-0.4, -0.2) is 58.4 Å². The molecule has 0 spiro atoms. The van der Waals surface area contributed by atoms with Crippen molar-refractivity contribution < 1.29 is 9.59 Å². The van der Waals surface area contributed by atoms with Gasteiger partial charge in [-0.05, 0) is 38.1 Å². The predicted octanol–water partition coefficient (Wildman–Crippen LogP) is 0.913. The van der Waals surface area contributed by atoms with Gasteiger partial charge in [0.15, 0.2) is 5.69 Å². The highest BCUT2D eigenvalue weighted by molar-refractivity contribution is 5.98. The van der Waals surface area contributed by atoms with Crippen LogP contribution in [0.2, 0.25) is 0 Å². The molecule has 2 amide bonds. The Morgan fingerprint density at radius 3 is 2.72 bits per heavy atom. The molecule has 8 heteroatoms. The van der Waals surface area contributed by atoms with Gasteiger partial charge in [-0.15, -0.1) is 5.10 Å². The SMILES string of the molecule is CN(CC(=O)Nc1ccccc1)C(=O)c1cn(C2CCNCC2)nn1. The van der Waals surface area contributed by atoms with Gasteiger partial charge < -0.3 is 15.5 Å². The van der Waals surface area contributed by atoms with Gasteiger partial charge in [0.1, 0.15) is 0 Å². The van der Waals surface area contributed by atoms with Gasteiger partial charge in [-0.2, -0.15) is 0 Å². The quantitative estimate of drug-likeness (QED) is 0.843. The third-order valence-corrected chi connectivity index (χ3v) is 4.20. The number of hydrogen-bond acceptors (Lipinski definition) is 5. The third-order valence-electron chi connectivity index (χ3n) is 4.20. The lowest BCUT2D eigenvalue weighted by Crippen LogP contribution is -2.35. The van der Waals surface area contributed by atoms with Gasteiger partial charge in [0.2, 0.25) is 5.91 Å². The fourth-order valence-electron chi connectivity index (χ4n) is 2.83. The van der Waals surface area contributed by atoms with E-state index in [1.165, 1.54) is 4.90 Å². The van der Waals surface area contributed by atoms with Gasteiger partial charge in [0.25, 0.3) is 5.91 Å². The molecule has 1 saturated heterocycles. The summed E-state index contributed by atoms with van der Waals surface area (Å²) in [5.41, 5.74) is 0.957. The van der Waals surface area contributed by atoms with E-state index in [1.807, 2.05) is 18.2 Å². The van der Waals surface area contributed by atoms with Crippen LogP contribution < -0.4 is 10.6 Å². The standard InChI is InChI=1S/C17H22N6O2/c1-22(12-16(24)19-13-5-3-2-4-6-13)17(25)15-11-23(21-20-15)14-7-9-18-10-8-14/h2-6,11,14,18H,7-10,12H2,1H3,(H,19,24). The molecule has 132 valence electrons. The highest BCUT2D eigenvalue weighted by Gasteiger charge is 2.21. The van der Waals surface area contributed by atoms with Crippen molar-refractivity contribution in [2.45, 2.75) is 18.9 Å². The van der Waals surface area contributed by atoms with Crippen LogP contribution in [0.5, 0.6) is 0 Å². The molecule has 2 N–H and O–H groups in total. The van der Waals surface area contributed by atoms with Crippen molar-refractivity contribution in [1.29, 1.82) is 0 Å². The highest BCUT2D eigenvalue weighted by Crippen LogP contribution is 2.17. The summed E-state index contributed by atoms with van der Waals surface area (Å²) in [6.07, 6.45) is 3.60. The number of rotatable bonds is 5. The molecule has 0 bridgehead atoms.